The minimum atomic E-state index is -0.499. The zero-order valence-electron chi connectivity index (χ0n) is 17.2. The van der Waals surface area contributed by atoms with Gasteiger partial charge in [-0.25, -0.2) is 4.98 Å². The largest absolute Gasteiger partial charge is 0.345 e. The topological polar surface area (TPSA) is 81.1 Å². The maximum Gasteiger partial charge on any atom is 0.262 e. The fourth-order valence-electron chi connectivity index (χ4n) is 2.93. The van der Waals surface area contributed by atoms with Crippen molar-refractivity contribution in [3.8, 4) is 0 Å². The van der Waals surface area contributed by atoms with Gasteiger partial charge in [-0.3, -0.25) is 19.0 Å². The van der Waals surface area contributed by atoms with Crippen molar-refractivity contribution in [2.24, 2.45) is 11.8 Å². The molecule has 1 aromatic heterocycles. The predicted octanol–water partition coefficient (Wildman–Crippen LogP) is 3.26. The molecule has 1 amide bonds. The Morgan fingerprint density at radius 3 is 2.46 bits per heavy atom. The molecule has 28 heavy (non-hydrogen) atoms. The smallest absolute Gasteiger partial charge is 0.262 e. The molecule has 0 aliphatic heterocycles. The van der Waals surface area contributed by atoms with Gasteiger partial charge in [0.2, 0.25) is 5.91 Å². The molecule has 1 heterocycles. The van der Waals surface area contributed by atoms with Crippen LogP contribution in [0.25, 0.3) is 10.9 Å². The summed E-state index contributed by atoms with van der Waals surface area (Å²) in [7, 11) is 0. The van der Waals surface area contributed by atoms with Crippen LogP contribution in [0.2, 0.25) is 0 Å². The number of thioether (sulfide) groups is 1. The van der Waals surface area contributed by atoms with Crippen molar-refractivity contribution < 1.29 is 9.59 Å². The summed E-state index contributed by atoms with van der Waals surface area (Å²) in [6, 6.07) is 6.75. The van der Waals surface area contributed by atoms with Crippen LogP contribution in [0.3, 0.4) is 0 Å². The van der Waals surface area contributed by atoms with E-state index >= 15 is 0 Å². The minimum Gasteiger partial charge on any atom is -0.345 e. The van der Waals surface area contributed by atoms with Gasteiger partial charge in [0.05, 0.1) is 22.7 Å². The Bertz CT molecular complexity index is 905. The van der Waals surface area contributed by atoms with Gasteiger partial charge < -0.3 is 5.32 Å². The Kier molecular flexibility index (Phi) is 7.80. The minimum absolute atomic E-state index is 0.0227. The number of carbonyl (C=O) groups is 2. The number of nitrogens with one attached hydrogen (secondary N) is 1. The Hall–Kier alpha value is -2.15. The number of aromatic nitrogens is 2. The number of Topliss-reactive ketones (excluding diaryl/α,β-unsaturated/α-hetero) is 1. The summed E-state index contributed by atoms with van der Waals surface area (Å²) < 4.78 is 1.66. The third kappa shape index (κ3) is 5.67. The summed E-state index contributed by atoms with van der Waals surface area (Å²) in [5.74, 6) is 0.266. The molecule has 0 saturated heterocycles. The highest BCUT2D eigenvalue weighted by atomic mass is 32.2. The predicted molar refractivity (Wildman–Crippen MR) is 114 cm³/mol. The average Bonchev–Trinajstić information content (AvgIpc) is 2.63. The SMILES string of the molecule is CC(=O)C(NC(=O)CSc1nc2ccccc2c(=O)n1CCC(C)C)C(C)C. The van der Waals surface area contributed by atoms with E-state index in [1.54, 1.807) is 16.7 Å². The molecule has 1 N–H and O–H groups in total. The van der Waals surface area contributed by atoms with E-state index in [1.165, 1.54) is 18.7 Å². The van der Waals surface area contributed by atoms with Crippen LogP contribution in [-0.2, 0) is 16.1 Å². The molecule has 6 nitrogen and oxygen atoms in total. The molecule has 2 rings (SSSR count). The summed E-state index contributed by atoms with van der Waals surface area (Å²) in [6.45, 7) is 10.0. The summed E-state index contributed by atoms with van der Waals surface area (Å²) in [6.07, 6.45) is 0.847. The molecule has 0 aliphatic carbocycles. The maximum atomic E-state index is 12.9. The number of hydrogen-bond donors (Lipinski definition) is 1. The van der Waals surface area contributed by atoms with Crippen LogP contribution < -0.4 is 10.9 Å². The zero-order chi connectivity index (χ0) is 20.8. The molecule has 0 saturated carbocycles. The van der Waals surface area contributed by atoms with Gasteiger partial charge in [-0.15, -0.1) is 0 Å². The highest BCUT2D eigenvalue weighted by Gasteiger charge is 2.21. The lowest BCUT2D eigenvalue weighted by Gasteiger charge is -2.19. The number of amides is 1. The lowest BCUT2D eigenvalue weighted by molar-refractivity contribution is -0.126. The number of nitrogens with zero attached hydrogens (tertiary/aromatic N) is 2. The Morgan fingerprint density at radius 2 is 1.86 bits per heavy atom. The average molecular weight is 404 g/mol. The number of ketones is 1. The molecule has 1 atom stereocenters. The van der Waals surface area contributed by atoms with Gasteiger partial charge in [-0.1, -0.05) is 51.6 Å². The van der Waals surface area contributed by atoms with E-state index in [0.717, 1.165) is 6.42 Å². The number of rotatable bonds is 9. The Morgan fingerprint density at radius 1 is 1.18 bits per heavy atom. The van der Waals surface area contributed by atoms with Gasteiger partial charge >= 0.3 is 0 Å². The van der Waals surface area contributed by atoms with Crippen LogP contribution in [0.4, 0.5) is 0 Å². The summed E-state index contributed by atoms with van der Waals surface area (Å²) >= 11 is 1.23. The van der Waals surface area contributed by atoms with E-state index in [4.69, 9.17) is 0 Å². The van der Waals surface area contributed by atoms with Crippen molar-refractivity contribution in [3.63, 3.8) is 0 Å². The quantitative estimate of drug-likeness (QED) is 0.513. The molecule has 0 spiro atoms. The molecule has 7 heteroatoms. The number of hydrogen-bond acceptors (Lipinski definition) is 5. The molecule has 152 valence electrons. The van der Waals surface area contributed by atoms with Gasteiger partial charge in [0, 0.05) is 6.54 Å². The van der Waals surface area contributed by atoms with Crippen LogP contribution in [0.5, 0.6) is 0 Å². The van der Waals surface area contributed by atoms with Gasteiger partial charge in [0.15, 0.2) is 10.9 Å². The van der Waals surface area contributed by atoms with E-state index in [0.29, 0.717) is 28.5 Å². The lowest BCUT2D eigenvalue weighted by Crippen LogP contribution is -2.44. The van der Waals surface area contributed by atoms with Gasteiger partial charge in [0.25, 0.3) is 5.56 Å². The monoisotopic (exact) mass is 403 g/mol. The second kappa shape index (κ2) is 9.87. The maximum absolute atomic E-state index is 12.9. The van der Waals surface area contributed by atoms with Crippen LogP contribution in [0, 0.1) is 11.8 Å². The third-order valence-electron chi connectivity index (χ3n) is 4.51. The normalized spacial score (nSPS) is 12.5. The highest BCUT2D eigenvalue weighted by molar-refractivity contribution is 7.99. The van der Waals surface area contributed by atoms with Crippen molar-refractivity contribution in [1.82, 2.24) is 14.9 Å². The van der Waals surface area contributed by atoms with Crippen molar-refractivity contribution in [2.45, 2.75) is 58.8 Å². The van der Waals surface area contributed by atoms with Crippen LogP contribution in [0.1, 0.15) is 41.0 Å². The summed E-state index contributed by atoms with van der Waals surface area (Å²) in [4.78, 5) is 41.6. The van der Waals surface area contributed by atoms with Crippen molar-refractivity contribution in [2.75, 3.05) is 5.75 Å². The first kappa shape index (κ1) is 22.1. The summed E-state index contributed by atoms with van der Waals surface area (Å²) in [5.41, 5.74) is 0.540. The van der Waals surface area contributed by atoms with Crippen LogP contribution in [0.15, 0.2) is 34.2 Å². The first-order chi connectivity index (χ1) is 13.2. The molecule has 1 aromatic carbocycles. The third-order valence-corrected chi connectivity index (χ3v) is 5.49. The number of carbonyl (C=O) groups excluding carboxylic acids is 2. The highest BCUT2D eigenvalue weighted by Crippen LogP contribution is 2.19. The van der Waals surface area contributed by atoms with Gasteiger partial charge in [-0.2, -0.15) is 0 Å². The first-order valence-electron chi connectivity index (χ1n) is 9.63. The first-order valence-corrected chi connectivity index (χ1v) is 10.6. The van der Waals surface area contributed by atoms with Crippen molar-refractivity contribution >= 4 is 34.4 Å². The number of benzene rings is 1. The van der Waals surface area contributed by atoms with Crippen LogP contribution >= 0.6 is 11.8 Å². The molecule has 0 fully saturated rings. The van der Waals surface area contributed by atoms with E-state index in [-0.39, 0.29) is 28.9 Å². The second-order valence-electron chi connectivity index (χ2n) is 7.74. The summed E-state index contributed by atoms with van der Waals surface area (Å²) in [5, 5.41) is 3.89. The van der Waals surface area contributed by atoms with E-state index in [2.05, 4.69) is 24.1 Å². The molecular formula is C21H29N3O3S. The number of fused-ring (bicyclic) bond motifs is 1. The second-order valence-corrected chi connectivity index (χ2v) is 8.68. The lowest BCUT2D eigenvalue weighted by atomic mass is 10.0. The van der Waals surface area contributed by atoms with Crippen molar-refractivity contribution in [1.29, 1.82) is 0 Å². The fourth-order valence-corrected chi connectivity index (χ4v) is 3.76. The van der Waals surface area contributed by atoms with E-state index < -0.39 is 6.04 Å². The fraction of sp³-hybridized carbons (Fsp3) is 0.524. The molecule has 0 bridgehead atoms. The zero-order valence-corrected chi connectivity index (χ0v) is 18.0. The molecule has 0 radical (unpaired) electrons. The number of para-hydroxylation sites is 1. The molecule has 1 unspecified atom stereocenters. The van der Waals surface area contributed by atoms with Crippen molar-refractivity contribution in [3.05, 3.63) is 34.6 Å². The van der Waals surface area contributed by atoms with Gasteiger partial charge in [0.1, 0.15) is 0 Å². The molecular weight excluding hydrogens is 374 g/mol. The molecule has 0 aliphatic rings. The van der Waals surface area contributed by atoms with E-state index in [9.17, 15) is 14.4 Å². The Balaban J connectivity index is 2.24. The van der Waals surface area contributed by atoms with E-state index in [1.807, 2.05) is 26.0 Å². The van der Waals surface area contributed by atoms with Gasteiger partial charge in [-0.05, 0) is 37.3 Å². The standard InChI is InChI=1S/C21H29N3O3S/c1-13(2)10-11-24-20(27)16-8-6-7-9-17(16)22-21(24)28-12-18(26)23-19(14(3)4)15(5)25/h6-9,13-14,19H,10-12H2,1-5H3,(H,23,26). The Labute approximate surface area is 170 Å². The van der Waals surface area contributed by atoms with Crippen LogP contribution in [-0.4, -0.2) is 33.0 Å². The molecule has 2 aromatic rings.